The van der Waals surface area contributed by atoms with Crippen LogP contribution < -0.4 is 5.32 Å². The molecule has 0 saturated carbocycles. The van der Waals surface area contributed by atoms with Crippen molar-refractivity contribution in [1.29, 1.82) is 0 Å². The van der Waals surface area contributed by atoms with Crippen LogP contribution in [0.5, 0.6) is 0 Å². The number of aryl methyl sites for hydroxylation is 1. The minimum absolute atomic E-state index is 0.749. The number of likely N-dealkylation sites (tertiary alicyclic amines) is 1. The summed E-state index contributed by atoms with van der Waals surface area (Å²) in [6.45, 7) is 5.85. The molecule has 1 fully saturated rings. The van der Waals surface area contributed by atoms with E-state index in [-0.39, 0.29) is 0 Å². The van der Waals surface area contributed by atoms with Crippen molar-refractivity contribution in [1.82, 2.24) is 4.90 Å². The molecule has 0 bridgehead atoms. The standard InChI is InChI=1S/C15H22N2/c1-11-3-4-13-14(10-16-15(13)9-11)12-5-7-17(2)8-6-12/h3-4,9,12,14,16H,5-8,10H2,1-2H3. The smallest absolute Gasteiger partial charge is 0.0379 e. The van der Waals surface area contributed by atoms with Crippen LogP contribution in [0.3, 0.4) is 0 Å². The van der Waals surface area contributed by atoms with E-state index >= 15 is 0 Å². The Hall–Kier alpha value is -1.02. The summed E-state index contributed by atoms with van der Waals surface area (Å²) in [7, 11) is 2.24. The number of nitrogens with zero attached hydrogens (tertiary/aromatic N) is 1. The lowest BCUT2D eigenvalue weighted by Crippen LogP contribution is -2.33. The fourth-order valence-electron chi connectivity index (χ4n) is 3.33. The summed E-state index contributed by atoms with van der Waals surface area (Å²) in [5.74, 6) is 1.63. The monoisotopic (exact) mass is 230 g/mol. The number of benzene rings is 1. The Morgan fingerprint density at radius 3 is 2.76 bits per heavy atom. The van der Waals surface area contributed by atoms with Crippen molar-refractivity contribution in [2.24, 2.45) is 5.92 Å². The quantitative estimate of drug-likeness (QED) is 0.798. The first kappa shape index (κ1) is 11.1. The van der Waals surface area contributed by atoms with E-state index in [0.717, 1.165) is 18.4 Å². The summed E-state index contributed by atoms with van der Waals surface area (Å²) >= 11 is 0. The number of hydrogen-bond donors (Lipinski definition) is 1. The Bertz CT molecular complexity index is 405. The van der Waals surface area contributed by atoms with E-state index in [9.17, 15) is 0 Å². The minimum Gasteiger partial charge on any atom is -0.384 e. The fourth-order valence-corrected chi connectivity index (χ4v) is 3.33. The summed E-state index contributed by atoms with van der Waals surface area (Å²) in [5.41, 5.74) is 4.30. The molecule has 2 heterocycles. The Kier molecular flexibility index (Phi) is 2.83. The average Bonchev–Trinajstić information content (AvgIpc) is 2.73. The van der Waals surface area contributed by atoms with Gasteiger partial charge in [-0.15, -0.1) is 0 Å². The Morgan fingerprint density at radius 2 is 2.00 bits per heavy atom. The SMILES string of the molecule is Cc1ccc2c(c1)NCC2C1CCN(C)CC1. The largest absolute Gasteiger partial charge is 0.384 e. The summed E-state index contributed by atoms with van der Waals surface area (Å²) in [6, 6.07) is 6.89. The molecule has 0 amide bonds. The molecule has 1 saturated heterocycles. The molecule has 3 rings (SSSR count). The summed E-state index contributed by atoms with van der Waals surface area (Å²) in [6.07, 6.45) is 2.71. The van der Waals surface area contributed by atoms with Crippen LogP contribution in [-0.2, 0) is 0 Å². The number of rotatable bonds is 1. The van der Waals surface area contributed by atoms with Crippen molar-refractivity contribution in [3.05, 3.63) is 29.3 Å². The third-order valence-electron chi connectivity index (χ3n) is 4.45. The molecule has 1 aromatic rings. The predicted octanol–water partition coefficient (Wildman–Crippen LogP) is 2.85. The van der Waals surface area contributed by atoms with E-state index in [4.69, 9.17) is 0 Å². The Balaban J connectivity index is 1.79. The normalized spacial score (nSPS) is 25.6. The topological polar surface area (TPSA) is 15.3 Å². The van der Waals surface area contributed by atoms with Gasteiger partial charge in [-0.3, -0.25) is 0 Å². The van der Waals surface area contributed by atoms with Crippen molar-refractivity contribution in [3.63, 3.8) is 0 Å². The highest BCUT2D eigenvalue weighted by Crippen LogP contribution is 2.40. The van der Waals surface area contributed by atoms with Crippen molar-refractivity contribution < 1.29 is 0 Å². The van der Waals surface area contributed by atoms with Crippen molar-refractivity contribution in [3.8, 4) is 0 Å². The van der Waals surface area contributed by atoms with Crippen LogP contribution in [0.25, 0.3) is 0 Å². The highest BCUT2D eigenvalue weighted by Gasteiger charge is 2.31. The van der Waals surface area contributed by atoms with Crippen LogP contribution in [0, 0.1) is 12.8 Å². The maximum atomic E-state index is 3.59. The first-order chi connectivity index (χ1) is 8.24. The molecule has 92 valence electrons. The molecule has 1 unspecified atom stereocenters. The van der Waals surface area contributed by atoms with Crippen molar-refractivity contribution in [2.75, 3.05) is 32.0 Å². The zero-order chi connectivity index (χ0) is 11.8. The van der Waals surface area contributed by atoms with E-state index in [1.54, 1.807) is 5.56 Å². The van der Waals surface area contributed by atoms with Crippen LogP contribution >= 0.6 is 0 Å². The molecule has 2 aliphatic rings. The molecule has 0 radical (unpaired) electrons. The second-order valence-corrected chi connectivity index (χ2v) is 5.72. The highest BCUT2D eigenvalue weighted by molar-refractivity contribution is 5.59. The van der Waals surface area contributed by atoms with Gasteiger partial charge in [0, 0.05) is 18.2 Å². The number of hydrogen-bond acceptors (Lipinski definition) is 2. The van der Waals surface area contributed by atoms with Gasteiger partial charge < -0.3 is 10.2 Å². The summed E-state index contributed by atoms with van der Waals surface area (Å²) in [4.78, 5) is 2.45. The van der Waals surface area contributed by atoms with Crippen LogP contribution in [0.4, 0.5) is 5.69 Å². The van der Waals surface area contributed by atoms with Gasteiger partial charge in [0.1, 0.15) is 0 Å². The number of piperidine rings is 1. The third kappa shape index (κ3) is 2.06. The van der Waals surface area contributed by atoms with E-state index in [0.29, 0.717) is 0 Å². The summed E-state index contributed by atoms with van der Waals surface area (Å²) in [5, 5.41) is 3.59. The Morgan fingerprint density at radius 1 is 1.24 bits per heavy atom. The molecular formula is C15H22N2. The van der Waals surface area contributed by atoms with Gasteiger partial charge in [-0.1, -0.05) is 12.1 Å². The van der Waals surface area contributed by atoms with Gasteiger partial charge in [0.25, 0.3) is 0 Å². The molecule has 0 aliphatic carbocycles. The molecule has 1 N–H and O–H groups in total. The van der Waals surface area contributed by atoms with Gasteiger partial charge in [-0.2, -0.15) is 0 Å². The van der Waals surface area contributed by atoms with Gasteiger partial charge in [-0.05, 0) is 63.0 Å². The molecule has 2 heteroatoms. The van der Waals surface area contributed by atoms with E-state index in [2.05, 4.69) is 42.4 Å². The second-order valence-electron chi connectivity index (χ2n) is 5.72. The van der Waals surface area contributed by atoms with Gasteiger partial charge in [0.2, 0.25) is 0 Å². The van der Waals surface area contributed by atoms with E-state index in [1.165, 1.54) is 37.2 Å². The number of anilines is 1. The molecule has 0 spiro atoms. The highest BCUT2D eigenvalue weighted by atomic mass is 15.1. The summed E-state index contributed by atoms with van der Waals surface area (Å²) < 4.78 is 0. The Labute approximate surface area is 104 Å². The zero-order valence-electron chi connectivity index (χ0n) is 10.9. The van der Waals surface area contributed by atoms with Gasteiger partial charge >= 0.3 is 0 Å². The molecule has 2 nitrogen and oxygen atoms in total. The van der Waals surface area contributed by atoms with Crippen molar-refractivity contribution in [2.45, 2.75) is 25.7 Å². The van der Waals surface area contributed by atoms with Crippen molar-refractivity contribution >= 4 is 5.69 Å². The number of fused-ring (bicyclic) bond motifs is 1. The van der Waals surface area contributed by atoms with Gasteiger partial charge in [0.15, 0.2) is 0 Å². The van der Waals surface area contributed by atoms with Crippen LogP contribution in [-0.4, -0.2) is 31.6 Å². The molecule has 2 aliphatic heterocycles. The first-order valence-electron chi connectivity index (χ1n) is 6.77. The van der Waals surface area contributed by atoms with Gasteiger partial charge in [0.05, 0.1) is 0 Å². The molecule has 1 aromatic carbocycles. The third-order valence-corrected chi connectivity index (χ3v) is 4.45. The number of nitrogens with one attached hydrogen (secondary N) is 1. The molecule has 1 atom stereocenters. The van der Waals surface area contributed by atoms with E-state index in [1.807, 2.05) is 0 Å². The fraction of sp³-hybridized carbons (Fsp3) is 0.600. The second kappa shape index (κ2) is 4.34. The average molecular weight is 230 g/mol. The lowest BCUT2D eigenvalue weighted by Gasteiger charge is -2.32. The van der Waals surface area contributed by atoms with Crippen LogP contribution in [0.2, 0.25) is 0 Å². The van der Waals surface area contributed by atoms with Crippen LogP contribution in [0.15, 0.2) is 18.2 Å². The first-order valence-corrected chi connectivity index (χ1v) is 6.77. The minimum atomic E-state index is 0.749. The lowest BCUT2D eigenvalue weighted by molar-refractivity contribution is 0.202. The predicted molar refractivity (Wildman–Crippen MR) is 72.6 cm³/mol. The van der Waals surface area contributed by atoms with Crippen LogP contribution in [0.1, 0.15) is 29.9 Å². The lowest BCUT2D eigenvalue weighted by atomic mass is 9.81. The maximum Gasteiger partial charge on any atom is 0.0379 e. The van der Waals surface area contributed by atoms with E-state index < -0.39 is 0 Å². The van der Waals surface area contributed by atoms with Gasteiger partial charge in [-0.25, -0.2) is 0 Å². The zero-order valence-corrected chi connectivity index (χ0v) is 10.9. The molecule has 0 aromatic heterocycles. The maximum absolute atomic E-state index is 3.59. The molecular weight excluding hydrogens is 208 g/mol. The molecule has 17 heavy (non-hydrogen) atoms.